The first-order chi connectivity index (χ1) is 10.0. The second kappa shape index (κ2) is 5.22. The van der Waals surface area contributed by atoms with Crippen molar-refractivity contribution in [2.45, 2.75) is 44.7 Å². The summed E-state index contributed by atoms with van der Waals surface area (Å²) in [5.41, 5.74) is 0.157. The number of rotatable bonds is 2. The van der Waals surface area contributed by atoms with Crippen LogP contribution in [0.1, 0.15) is 38.2 Å². The van der Waals surface area contributed by atoms with Gasteiger partial charge in [0.2, 0.25) is 5.91 Å². The Morgan fingerprint density at radius 3 is 2.86 bits per heavy atom. The Morgan fingerprint density at radius 2 is 2.10 bits per heavy atom. The molecule has 1 amide bonds. The SMILES string of the molecule is CC12CCCCN1N(Cc1cccc(F)c1)C(=O)CC2=O. The van der Waals surface area contributed by atoms with Crippen LogP contribution in [-0.2, 0) is 16.1 Å². The van der Waals surface area contributed by atoms with E-state index < -0.39 is 5.54 Å². The standard InChI is InChI=1S/C16H19FN2O2/c1-16-7-2-3-8-19(16)18(15(21)10-14(16)20)11-12-5-4-6-13(17)9-12/h4-6,9H,2-3,7-8,10-11H2,1H3. The molecule has 1 aromatic rings. The van der Waals surface area contributed by atoms with Crippen LogP contribution in [0.3, 0.4) is 0 Å². The summed E-state index contributed by atoms with van der Waals surface area (Å²) >= 11 is 0. The molecule has 21 heavy (non-hydrogen) atoms. The first kappa shape index (κ1) is 14.2. The molecule has 0 saturated carbocycles. The number of hydrazine groups is 1. The zero-order valence-corrected chi connectivity index (χ0v) is 12.1. The molecule has 0 radical (unpaired) electrons. The first-order valence-electron chi connectivity index (χ1n) is 7.36. The number of halogens is 1. The molecule has 0 bridgehead atoms. The van der Waals surface area contributed by atoms with Gasteiger partial charge in [-0.3, -0.25) is 14.6 Å². The molecule has 2 aliphatic rings. The van der Waals surface area contributed by atoms with Gasteiger partial charge >= 0.3 is 0 Å². The van der Waals surface area contributed by atoms with E-state index in [0.29, 0.717) is 13.1 Å². The highest BCUT2D eigenvalue weighted by Crippen LogP contribution is 2.35. The molecule has 0 N–H and O–H groups in total. The van der Waals surface area contributed by atoms with Crippen molar-refractivity contribution in [3.05, 3.63) is 35.6 Å². The van der Waals surface area contributed by atoms with Gasteiger partial charge in [0.25, 0.3) is 0 Å². The number of hydrogen-bond acceptors (Lipinski definition) is 3. The average molecular weight is 290 g/mol. The van der Waals surface area contributed by atoms with E-state index in [1.165, 1.54) is 12.1 Å². The van der Waals surface area contributed by atoms with Gasteiger partial charge in [0.05, 0.1) is 18.5 Å². The lowest BCUT2D eigenvalue weighted by Crippen LogP contribution is -2.67. The number of piperidine rings is 1. The molecule has 2 heterocycles. The second-order valence-electron chi connectivity index (χ2n) is 6.04. The normalized spacial score (nSPS) is 26.9. The maximum absolute atomic E-state index is 13.3. The number of hydrogen-bond donors (Lipinski definition) is 0. The molecule has 3 rings (SSSR count). The number of ketones is 1. The Bertz CT molecular complexity index is 589. The van der Waals surface area contributed by atoms with E-state index in [1.54, 1.807) is 17.1 Å². The van der Waals surface area contributed by atoms with Crippen LogP contribution in [0.25, 0.3) is 0 Å². The van der Waals surface area contributed by atoms with Gasteiger partial charge in [-0.1, -0.05) is 12.1 Å². The highest BCUT2D eigenvalue weighted by molar-refractivity contribution is 6.04. The minimum atomic E-state index is -0.584. The number of Topliss-reactive ketones (excluding diaryl/α,β-unsaturated/α-hetero) is 1. The summed E-state index contributed by atoms with van der Waals surface area (Å²) in [6.07, 6.45) is 2.69. The quantitative estimate of drug-likeness (QED) is 0.785. The van der Waals surface area contributed by atoms with Crippen molar-refractivity contribution in [3.8, 4) is 0 Å². The molecule has 5 heteroatoms. The maximum atomic E-state index is 13.3. The molecular formula is C16H19FN2O2. The molecule has 2 fully saturated rings. The van der Waals surface area contributed by atoms with Gasteiger partial charge < -0.3 is 0 Å². The van der Waals surface area contributed by atoms with Crippen LogP contribution in [0.15, 0.2) is 24.3 Å². The number of carbonyl (C=O) groups excluding carboxylic acids is 2. The van der Waals surface area contributed by atoms with Crippen LogP contribution in [0, 0.1) is 5.82 Å². The second-order valence-corrected chi connectivity index (χ2v) is 6.04. The van der Waals surface area contributed by atoms with Gasteiger partial charge in [0.1, 0.15) is 5.82 Å². The van der Waals surface area contributed by atoms with Crippen molar-refractivity contribution >= 4 is 11.7 Å². The van der Waals surface area contributed by atoms with Crippen LogP contribution >= 0.6 is 0 Å². The summed E-state index contributed by atoms with van der Waals surface area (Å²) < 4.78 is 13.3. The zero-order valence-electron chi connectivity index (χ0n) is 12.1. The van der Waals surface area contributed by atoms with Gasteiger partial charge in [-0.25, -0.2) is 9.40 Å². The Hall–Kier alpha value is -1.75. The van der Waals surface area contributed by atoms with Crippen molar-refractivity contribution < 1.29 is 14.0 Å². The molecule has 2 saturated heterocycles. The molecule has 1 unspecified atom stereocenters. The summed E-state index contributed by atoms with van der Waals surface area (Å²) in [4.78, 5) is 24.5. The predicted octanol–water partition coefficient (Wildman–Crippen LogP) is 2.29. The lowest BCUT2D eigenvalue weighted by molar-refractivity contribution is -0.188. The highest BCUT2D eigenvalue weighted by Gasteiger charge is 2.49. The van der Waals surface area contributed by atoms with Gasteiger partial charge in [-0.2, -0.15) is 0 Å². The molecule has 0 spiro atoms. The summed E-state index contributed by atoms with van der Waals surface area (Å²) in [5, 5.41) is 3.53. The Balaban J connectivity index is 1.89. The first-order valence-corrected chi connectivity index (χ1v) is 7.36. The van der Waals surface area contributed by atoms with Gasteiger partial charge in [0, 0.05) is 6.54 Å². The Labute approximate surface area is 123 Å². The number of amides is 1. The number of carbonyl (C=O) groups is 2. The van der Waals surface area contributed by atoms with Crippen molar-refractivity contribution in [2.24, 2.45) is 0 Å². The third-order valence-electron chi connectivity index (χ3n) is 4.57. The molecule has 4 nitrogen and oxygen atoms in total. The molecule has 1 atom stereocenters. The summed E-state index contributed by atoms with van der Waals surface area (Å²) in [6, 6.07) is 6.26. The monoisotopic (exact) mass is 290 g/mol. The average Bonchev–Trinajstić information content (AvgIpc) is 2.44. The fraction of sp³-hybridized carbons (Fsp3) is 0.500. The molecule has 0 aliphatic carbocycles. The topological polar surface area (TPSA) is 40.6 Å². The Kier molecular flexibility index (Phi) is 3.53. The lowest BCUT2D eigenvalue weighted by Gasteiger charge is -2.52. The number of fused-ring (bicyclic) bond motifs is 1. The van der Waals surface area contributed by atoms with Crippen molar-refractivity contribution in [3.63, 3.8) is 0 Å². The highest BCUT2D eigenvalue weighted by atomic mass is 19.1. The van der Waals surface area contributed by atoms with E-state index in [1.807, 2.05) is 11.9 Å². The summed E-state index contributed by atoms with van der Waals surface area (Å²) in [6.45, 7) is 2.93. The lowest BCUT2D eigenvalue weighted by atomic mass is 9.82. The third-order valence-corrected chi connectivity index (χ3v) is 4.57. The largest absolute Gasteiger partial charge is 0.297 e. The van der Waals surface area contributed by atoms with E-state index >= 15 is 0 Å². The van der Waals surface area contributed by atoms with Crippen molar-refractivity contribution in [1.82, 2.24) is 10.0 Å². The van der Waals surface area contributed by atoms with Gasteiger partial charge in [-0.15, -0.1) is 0 Å². The van der Waals surface area contributed by atoms with E-state index in [-0.39, 0.29) is 23.9 Å². The van der Waals surface area contributed by atoms with Crippen molar-refractivity contribution in [2.75, 3.05) is 6.54 Å². The van der Waals surface area contributed by atoms with Crippen molar-refractivity contribution in [1.29, 1.82) is 0 Å². The van der Waals surface area contributed by atoms with Crippen LogP contribution < -0.4 is 0 Å². The summed E-state index contributed by atoms with van der Waals surface area (Å²) in [5.74, 6) is -0.499. The molecule has 0 aromatic heterocycles. The number of benzene rings is 1. The maximum Gasteiger partial charge on any atom is 0.244 e. The van der Waals surface area contributed by atoms with Gasteiger partial charge in [-0.05, 0) is 43.9 Å². The fourth-order valence-electron chi connectivity index (χ4n) is 3.31. The third kappa shape index (κ3) is 2.46. The van der Waals surface area contributed by atoms with Crippen LogP contribution in [0.5, 0.6) is 0 Å². The smallest absolute Gasteiger partial charge is 0.244 e. The van der Waals surface area contributed by atoms with E-state index in [2.05, 4.69) is 0 Å². The minimum Gasteiger partial charge on any atom is -0.297 e. The number of nitrogens with zero attached hydrogens (tertiary/aromatic N) is 2. The molecule has 1 aromatic carbocycles. The summed E-state index contributed by atoms with van der Waals surface area (Å²) in [7, 11) is 0. The fourth-order valence-corrected chi connectivity index (χ4v) is 3.31. The van der Waals surface area contributed by atoms with Crippen LogP contribution in [0.4, 0.5) is 4.39 Å². The minimum absolute atomic E-state index is 0.00249. The zero-order chi connectivity index (χ0) is 15.0. The predicted molar refractivity (Wildman–Crippen MR) is 75.5 cm³/mol. The van der Waals surface area contributed by atoms with E-state index in [4.69, 9.17) is 0 Å². The van der Waals surface area contributed by atoms with Gasteiger partial charge in [0.15, 0.2) is 5.78 Å². The van der Waals surface area contributed by atoms with E-state index in [9.17, 15) is 14.0 Å². The molecular weight excluding hydrogens is 271 g/mol. The van der Waals surface area contributed by atoms with Crippen LogP contribution in [0.2, 0.25) is 0 Å². The molecule has 2 aliphatic heterocycles. The Morgan fingerprint density at radius 1 is 1.29 bits per heavy atom. The van der Waals surface area contributed by atoms with Crippen LogP contribution in [-0.4, -0.2) is 33.8 Å². The van der Waals surface area contributed by atoms with E-state index in [0.717, 1.165) is 24.8 Å². The molecule has 112 valence electrons.